The fourth-order valence-corrected chi connectivity index (χ4v) is 3.57. The van der Waals surface area contributed by atoms with E-state index >= 15 is 0 Å². The Bertz CT molecular complexity index is 509. The Morgan fingerprint density at radius 3 is 2.68 bits per heavy atom. The monoisotopic (exact) mass is 328 g/mol. The molecule has 1 aliphatic rings. The Kier molecular flexibility index (Phi) is 4.04. The maximum atomic E-state index is 11.1. The van der Waals surface area contributed by atoms with Crippen molar-refractivity contribution < 1.29 is 19.7 Å². The van der Waals surface area contributed by atoms with Gasteiger partial charge in [-0.2, -0.15) is 0 Å². The van der Waals surface area contributed by atoms with Crippen LogP contribution in [0.25, 0.3) is 0 Å². The van der Waals surface area contributed by atoms with Crippen molar-refractivity contribution in [2.45, 2.75) is 32.1 Å². The van der Waals surface area contributed by atoms with Crippen molar-refractivity contribution in [1.82, 2.24) is 0 Å². The van der Waals surface area contributed by atoms with Gasteiger partial charge in [-0.05, 0) is 64.7 Å². The van der Waals surface area contributed by atoms with E-state index in [1.165, 1.54) is 7.11 Å². The van der Waals surface area contributed by atoms with Crippen LogP contribution in [0.5, 0.6) is 11.5 Å². The van der Waals surface area contributed by atoms with Gasteiger partial charge in [0.1, 0.15) is 0 Å². The highest BCUT2D eigenvalue weighted by atomic mass is 79.9. The van der Waals surface area contributed by atoms with Crippen molar-refractivity contribution >= 4 is 21.9 Å². The van der Waals surface area contributed by atoms with Crippen molar-refractivity contribution in [2.75, 3.05) is 7.11 Å². The van der Waals surface area contributed by atoms with Crippen molar-refractivity contribution in [1.29, 1.82) is 0 Å². The first-order valence-corrected chi connectivity index (χ1v) is 7.02. The van der Waals surface area contributed by atoms with Crippen LogP contribution in [0.3, 0.4) is 0 Å². The first-order chi connectivity index (χ1) is 8.95. The van der Waals surface area contributed by atoms with Gasteiger partial charge in [-0.25, -0.2) is 0 Å². The maximum absolute atomic E-state index is 11.1. The van der Waals surface area contributed by atoms with Gasteiger partial charge in [0, 0.05) is 0 Å². The van der Waals surface area contributed by atoms with E-state index < -0.39 is 5.97 Å². The minimum atomic E-state index is -0.796. The van der Waals surface area contributed by atoms with Crippen LogP contribution in [0.2, 0.25) is 0 Å². The van der Waals surface area contributed by atoms with Crippen molar-refractivity contribution in [3.8, 4) is 11.5 Å². The molecule has 2 N–H and O–H groups in total. The molecule has 0 saturated heterocycles. The molecule has 0 aromatic heterocycles. The van der Waals surface area contributed by atoms with E-state index in [0.717, 1.165) is 24.0 Å². The fraction of sp³-hybridized carbons (Fsp3) is 0.500. The number of aryl methyl sites for hydroxylation is 1. The summed E-state index contributed by atoms with van der Waals surface area (Å²) < 4.78 is 5.85. The molecule has 1 aromatic rings. The molecule has 0 spiro atoms. The highest BCUT2D eigenvalue weighted by molar-refractivity contribution is 9.10. The lowest BCUT2D eigenvalue weighted by molar-refractivity contribution is -0.137. The lowest BCUT2D eigenvalue weighted by atomic mass is 9.87. The second kappa shape index (κ2) is 5.41. The number of rotatable bonds is 5. The number of aromatic hydroxyl groups is 1. The first-order valence-electron chi connectivity index (χ1n) is 6.23. The minimum absolute atomic E-state index is 0.0265. The Labute approximate surface area is 120 Å². The van der Waals surface area contributed by atoms with E-state index in [1.807, 2.05) is 6.92 Å². The third-order valence-electron chi connectivity index (χ3n) is 3.61. The Morgan fingerprint density at radius 1 is 1.58 bits per heavy atom. The molecule has 1 aliphatic carbocycles. The van der Waals surface area contributed by atoms with Crippen LogP contribution in [-0.2, 0) is 4.79 Å². The van der Waals surface area contributed by atoms with Crippen LogP contribution in [0.15, 0.2) is 10.5 Å². The van der Waals surface area contributed by atoms with Crippen LogP contribution in [0.1, 0.15) is 36.3 Å². The van der Waals surface area contributed by atoms with Gasteiger partial charge in [-0.15, -0.1) is 0 Å². The third-order valence-corrected chi connectivity index (χ3v) is 4.39. The first kappa shape index (κ1) is 14.2. The lowest BCUT2D eigenvalue weighted by Crippen LogP contribution is -2.11. The summed E-state index contributed by atoms with van der Waals surface area (Å²) in [6.07, 6.45) is 2.23. The number of methoxy groups -OCH3 is 1. The Morgan fingerprint density at radius 2 is 2.21 bits per heavy atom. The van der Waals surface area contributed by atoms with E-state index in [9.17, 15) is 9.90 Å². The van der Waals surface area contributed by atoms with Gasteiger partial charge in [0.25, 0.3) is 0 Å². The molecule has 1 saturated carbocycles. The van der Waals surface area contributed by atoms with E-state index in [2.05, 4.69) is 15.9 Å². The number of benzene rings is 1. The molecule has 2 rings (SSSR count). The topological polar surface area (TPSA) is 66.8 Å². The molecule has 0 bridgehead atoms. The molecule has 0 heterocycles. The number of hydrogen-bond donors (Lipinski definition) is 2. The zero-order chi connectivity index (χ0) is 14.2. The molecule has 1 fully saturated rings. The van der Waals surface area contributed by atoms with Gasteiger partial charge >= 0.3 is 5.97 Å². The molecule has 1 atom stereocenters. The molecule has 4 nitrogen and oxygen atoms in total. The predicted molar refractivity (Wildman–Crippen MR) is 74.8 cm³/mol. The molecule has 104 valence electrons. The van der Waals surface area contributed by atoms with Gasteiger partial charge in [-0.1, -0.05) is 0 Å². The molecule has 1 unspecified atom stereocenters. The van der Waals surface area contributed by atoms with Crippen molar-refractivity contribution in [3.05, 3.63) is 21.7 Å². The summed E-state index contributed by atoms with van der Waals surface area (Å²) in [6.45, 7) is 1.89. The minimum Gasteiger partial charge on any atom is -0.504 e. The normalized spacial score (nSPS) is 16.2. The van der Waals surface area contributed by atoms with Gasteiger partial charge in [0.2, 0.25) is 0 Å². The van der Waals surface area contributed by atoms with Crippen LogP contribution in [0, 0.1) is 12.8 Å². The highest BCUT2D eigenvalue weighted by Crippen LogP contribution is 2.50. The molecule has 0 aliphatic heterocycles. The predicted octanol–water partition coefficient (Wildman–Crippen LogP) is 3.44. The number of carbonyl (C=O) groups is 1. The van der Waals surface area contributed by atoms with E-state index in [1.54, 1.807) is 6.07 Å². The molecule has 1 aromatic carbocycles. The summed E-state index contributed by atoms with van der Waals surface area (Å²) in [5.74, 6) is 0.0362. The molecular weight excluding hydrogens is 312 g/mol. The van der Waals surface area contributed by atoms with Gasteiger partial charge < -0.3 is 14.9 Å². The quantitative estimate of drug-likeness (QED) is 0.868. The zero-order valence-electron chi connectivity index (χ0n) is 10.9. The summed E-state index contributed by atoms with van der Waals surface area (Å²) in [4.78, 5) is 11.1. The summed E-state index contributed by atoms with van der Waals surface area (Å²) >= 11 is 3.45. The standard InChI is InChI=1S/C14H17BrO4/c1-7-5-10(16)14(19-2)13(15)12(7)9(6-11(17)18)8-3-4-8/h5,8-9,16H,3-4,6H2,1-2H3,(H,17,18). The van der Waals surface area contributed by atoms with Gasteiger partial charge in [0.15, 0.2) is 11.5 Å². The number of phenolic OH excluding ortho intramolecular Hbond substituents is 1. The number of hydrogen-bond acceptors (Lipinski definition) is 3. The Balaban J connectivity index is 2.49. The van der Waals surface area contributed by atoms with Crippen molar-refractivity contribution in [2.24, 2.45) is 5.92 Å². The maximum Gasteiger partial charge on any atom is 0.303 e. The molecule has 19 heavy (non-hydrogen) atoms. The van der Waals surface area contributed by atoms with E-state index in [0.29, 0.717) is 16.1 Å². The van der Waals surface area contributed by atoms with E-state index in [4.69, 9.17) is 9.84 Å². The SMILES string of the molecule is COc1c(O)cc(C)c(C(CC(=O)O)C2CC2)c1Br. The average Bonchev–Trinajstić information content (AvgIpc) is 3.10. The van der Waals surface area contributed by atoms with Crippen LogP contribution >= 0.6 is 15.9 Å². The zero-order valence-corrected chi connectivity index (χ0v) is 12.5. The average molecular weight is 329 g/mol. The molecule has 0 amide bonds. The third kappa shape index (κ3) is 2.86. The van der Waals surface area contributed by atoms with Crippen LogP contribution in [0.4, 0.5) is 0 Å². The highest BCUT2D eigenvalue weighted by Gasteiger charge is 2.36. The van der Waals surface area contributed by atoms with Gasteiger partial charge in [0.05, 0.1) is 18.0 Å². The lowest BCUT2D eigenvalue weighted by Gasteiger charge is -2.21. The molecule has 5 heteroatoms. The van der Waals surface area contributed by atoms with Crippen LogP contribution in [-0.4, -0.2) is 23.3 Å². The second-order valence-electron chi connectivity index (χ2n) is 5.02. The largest absolute Gasteiger partial charge is 0.504 e. The fourth-order valence-electron chi connectivity index (χ4n) is 2.60. The summed E-state index contributed by atoms with van der Waals surface area (Å²) in [6, 6.07) is 1.64. The number of halogens is 1. The number of carboxylic acids is 1. The number of carboxylic acid groups (broad SMARTS) is 1. The molecular formula is C14H17BrO4. The summed E-state index contributed by atoms with van der Waals surface area (Å²) in [7, 11) is 1.49. The smallest absolute Gasteiger partial charge is 0.303 e. The number of aliphatic carboxylic acids is 1. The van der Waals surface area contributed by atoms with E-state index in [-0.39, 0.29) is 18.1 Å². The second-order valence-corrected chi connectivity index (χ2v) is 5.81. The summed E-state index contributed by atoms with van der Waals surface area (Å²) in [5.41, 5.74) is 1.84. The number of phenols is 1. The Hall–Kier alpha value is -1.23. The van der Waals surface area contributed by atoms with Crippen molar-refractivity contribution in [3.63, 3.8) is 0 Å². The number of ether oxygens (including phenoxy) is 1. The molecule has 0 radical (unpaired) electrons. The van der Waals surface area contributed by atoms with Gasteiger partial charge in [-0.3, -0.25) is 4.79 Å². The summed E-state index contributed by atoms with van der Waals surface area (Å²) in [5, 5.41) is 18.9. The van der Waals surface area contributed by atoms with Crippen LogP contribution < -0.4 is 4.74 Å².